The maximum absolute atomic E-state index is 11.9. The number of ether oxygens (including phenoxy) is 1. The summed E-state index contributed by atoms with van der Waals surface area (Å²) in [6, 6.07) is 9.15. The summed E-state index contributed by atoms with van der Waals surface area (Å²) in [6.45, 7) is 3.68. The summed E-state index contributed by atoms with van der Waals surface area (Å²) in [5.41, 5.74) is 2.34. The van der Waals surface area contributed by atoms with E-state index in [0.717, 1.165) is 24.9 Å². The molecule has 0 atom stereocenters. The highest BCUT2D eigenvalue weighted by molar-refractivity contribution is 5.91. The van der Waals surface area contributed by atoms with Gasteiger partial charge in [-0.25, -0.2) is 0 Å². The summed E-state index contributed by atoms with van der Waals surface area (Å²) in [6.07, 6.45) is 4.91. The number of aromatic nitrogens is 1. The van der Waals surface area contributed by atoms with Crippen LogP contribution in [0.15, 0.2) is 41.3 Å². The number of rotatable bonds is 7. The van der Waals surface area contributed by atoms with E-state index in [2.05, 4.69) is 17.2 Å². The number of nitrogens with one attached hydrogen (secondary N) is 2. The number of aromatic amines is 1. The fourth-order valence-corrected chi connectivity index (χ4v) is 2.22. The van der Waals surface area contributed by atoms with E-state index < -0.39 is 0 Å². The van der Waals surface area contributed by atoms with Gasteiger partial charge in [-0.3, -0.25) is 9.59 Å². The van der Waals surface area contributed by atoms with E-state index >= 15 is 0 Å². The molecule has 2 aromatic rings. The molecule has 5 heteroatoms. The van der Waals surface area contributed by atoms with Crippen molar-refractivity contribution in [2.24, 2.45) is 0 Å². The average Bonchev–Trinajstić information content (AvgIpc) is 2.54. The van der Waals surface area contributed by atoms with E-state index in [4.69, 9.17) is 4.74 Å². The van der Waals surface area contributed by atoms with E-state index in [1.807, 2.05) is 24.3 Å². The fourth-order valence-electron chi connectivity index (χ4n) is 2.22. The SMILES string of the molecule is CCCCc1ccc(NC(=O)COc2c(C)[nH]ccc2=O)cc1. The lowest BCUT2D eigenvalue weighted by atomic mass is 10.1. The van der Waals surface area contributed by atoms with Crippen LogP contribution in [0.2, 0.25) is 0 Å². The Balaban J connectivity index is 1.88. The van der Waals surface area contributed by atoms with Crippen molar-refractivity contribution in [3.63, 3.8) is 0 Å². The normalized spacial score (nSPS) is 10.3. The second-order valence-electron chi connectivity index (χ2n) is 5.43. The first-order valence-electron chi connectivity index (χ1n) is 7.80. The lowest BCUT2D eigenvalue weighted by Crippen LogP contribution is -2.22. The first-order chi connectivity index (χ1) is 11.1. The Labute approximate surface area is 135 Å². The Morgan fingerprint density at radius 1 is 1.22 bits per heavy atom. The molecule has 1 amide bonds. The molecule has 0 fully saturated rings. The van der Waals surface area contributed by atoms with Crippen LogP contribution in [0.25, 0.3) is 0 Å². The monoisotopic (exact) mass is 314 g/mol. The van der Waals surface area contributed by atoms with Gasteiger partial charge in [0, 0.05) is 18.0 Å². The van der Waals surface area contributed by atoms with Gasteiger partial charge in [0.2, 0.25) is 5.43 Å². The summed E-state index contributed by atoms with van der Waals surface area (Å²) in [5.74, 6) is -0.119. The first kappa shape index (κ1) is 16.8. The topological polar surface area (TPSA) is 71.2 Å². The predicted octanol–water partition coefficient (Wildman–Crippen LogP) is 3.04. The molecule has 0 unspecified atom stereocenters. The van der Waals surface area contributed by atoms with Crippen molar-refractivity contribution >= 4 is 11.6 Å². The molecule has 0 saturated heterocycles. The minimum Gasteiger partial charge on any atom is -0.478 e. The number of anilines is 1. The van der Waals surface area contributed by atoms with Crippen LogP contribution < -0.4 is 15.5 Å². The van der Waals surface area contributed by atoms with E-state index in [1.54, 1.807) is 13.1 Å². The van der Waals surface area contributed by atoms with E-state index in [0.29, 0.717) is 5.69 Å². The summed E-state index contributed by atoms with van der Waals surface area (Å²) < 4.78 is 5.32. The van der Waals surface area contributed by atoms with Gasteiger partial charge in [-0.2, -0.15) is 0 Å². The van der Waals surface area contributed by atoms with Gasteiger partial charge in [0.15, 0.2) is 12.4 Å². The number of carbonyl (C=O) groups is 1. The number of hydrogen-bond acceptors (Lipinski definition) is 3. The Kier molecular flexibility index (Phi) is 5.97. The summed E-state index contributed by atoms with van der Waals surface area (Å²) >= 11 is 0. The maximum Gasteiger partial charge on any atom is 0.262 e. The zero-order valence-corrected chi connectivity index (χ0v) is 13.5. The molecular weight excluding hydrogens is 292 g/mol. The molecule has 0 saturated carbocycles. The first-order valence-corrected chi connectivity index (χ1v) is 7.80. The second-order valence-corrected chi connectivity index (χ2v) is 5.43. The number of pyridine rings is 1. The molecule has 0 aliphatic heterocycles. The van der Waals surface area contributed by atoms with Gasteiger partial charge < -0.3 is 15.0 Å². The number of H-pyrrole nitrogens is 1. The minimum absolute atomic E-state index is 0.178. The quantitative estimate of drug-likeness (QED) is 0.825. The molecule has 1 aromatic carbocycles. The van der Waals surface area contributed by atoms with Gasteiger partial charge in [-0.15, -0.1) is 0 Å². The third-order valence-electron chi connectivity index (χ3n) is 3.50. The van der Waals surface area contributed by atoms with Crippen molar-refractivity contribution in [1.29, 1.82) is 0 Å². The van der Waals surface area contributed by atoms with Crippen molar-refractivity contribution in [2.45, 2.75) is 33.1 Å². The molecule has 0 aliphatic rings. The standard InChI is InChI=1S/C18H22N2O3/c1-3-4-5-14-6-8-15(9-7-14)20-17(22)12-23-18-13(2)19-11-10-16(18)21/h6-11H,3-5,12H2,1-2H3,(H,19,21)(H,20,22). The molecule has 0 bridgehead atoms. The van der Waals surface area contributed by atoms with Gasteiger partial charge in [0.25, 0.3) is 5.91 Å². The lowest BCUT2D eigenvalue weighted by Gasteiger charge is -2.09. The highest BCUT2D eigenvalue weighted by Gasteiger charge is 2.08. The molecule has 1 aromatic heterocycles. The smallest absolute Gasteiger partial charge is 0.262 e. The summed E-state index contributed by atoms with van der Waals surface area (Å²) in [5, 5.41) is 2.76. The van der Waals surface area contributed by atoms with Crippen LogP contribution in [-0.4, -0.2) is 17.5 Å². The molecule has 0 spiro atoms. The van der Waals surface area contributed by atoms with Crippen molar-refractivity contribution in [3.05, 3.63) is 58.0 Å². The molecule has 1 heterocycles. The Morgan fingerprint density at radius 3 is 2.61 bits per heavy atom. The van der Waals surface area contributed by atoms with E-state index in [1.165, 1.54) is 11.6 Å². The highest BCUT2D eigenvalue weighted by atomic mass is 16.5. The van der Waals surface area contributed by atoms with Gasteiger partial charge in [0.1, 0.15) is 0 Å². The molecule has 23 heavy (non-hydrogen) atoms. The predicted molar refractivity (Wildman–Crippen MR) is 91.0 cm³/mol. The lowest BCUT2D eigenvalue weighted by molar-refractivity contribution is -0.118. The Hall–Kier alpha value is -2.56. The molecule has 0 radical (unpaired) electrons. The van der Waals surface area contributed by atoms with Gasteiger partial charge in [-0.1, -0.05) is 25.5 Å². The van der Waals surface area contributed by atoms with Gasteiger partial charge >= 0.3 is 0 Å². The van der Waals surface area contributed by atoms with Crippen LogP contribution >= 0.6 is 0 Å². The fraction of sp³-hybridized carbons (Fsp3) is 0.333. The number of amides is 1. The minimum atomic E-state index is -0.297. The van der Waals surface area contributed by atoms with Crippen molar-refractivity contribution in [1.82, 2.24) is 4.98 Å². The molecule has 5 nitrogen and oxygen atoms in total. The van der Waals surface area contributed by atoms with Crippen molar-refractivity contribution in [2.75, 3.05) is 11.9 Å². The third-order valence-corrected chi connectivity index (χ3v) is 3.50. The summed E-state index contributed by atoms with van der Waals surface area (Å²) in [4.78, 5) is 26.5. The zero-order valence-electron chi connectivity index (χ0n) is 13.5. The van der Waals surface area contributed by atoms with Crippen LogP contribution in [0.4, 0.5) is 5.69 Å². The van der Waals surface area contributed by atoms with Crippen LogP contribution in [0.3, 0.4) is 0 Å². The zero-order chi connectivity index (χ0) is 16.7. The third kappa shape index (κ3) is 4.98. The maximum atomic E-state index is 11.9. The Bertz CT molecular complexity index is 705. The average molecular weight is 314 g/mol. The molecule has 2 rings (SSSR count). The van der Waals surface area contributed by atoms with E-state index in [-0.39, 0.29) is 23.7 Å². The molecule has 0 aliphatic carbocycles. The number of hydrogen-bond donors (Lipinski definition) is 2. The highest BCUT2D eigenvalue weighted by Crippen LogP contribution is 2.12. The Morgan fingerprint density at radius 2 is 1.96 bits per heavy atom. The molecule has 2 N–H and O–H groups in total. The number of unbranched alkanes of at least 4 members (excludes halogenated alkanes) is 1. The van der Waals surface area contributed by atoms with Crippen LogP contribution in [0, 0.1) is 6.92 Å². The number of benzene rings is 1. The van der Waals surface area contributed by atoms with Crippen molar-refractivity contribution < 1.29 is 9.53 Å². The van der Waals surface area contributed by atoms with Gasteiger partial charge in [0.05, 0.1) is 5.69 Å². The van der Waals surface area contributed by atoms with E-state index in [9.17, 15) is 9.59 Å². The van der Waals surface area contributed by atoms with Crippen LogP contribution in [-0.2, 0) is 11.2 Å². The number of aryl methyl sites for hydroxylation is 2. The largest absolute Gasteiger partial charge is 0.478 e. The second kappa shape index (κ2) is 8.17. The molecular formula is C18H22N2O3. The summed E-state index contributed by atoms with van der Waals surface area (Å²) in [7, 11) is 0. The van der Waals surface area contributed by atoms with Crippen molar-refractivity contribution in [3.8, 4) is 5.75 Å². The van der Waals surface area contributed by atoms with Gasteiger partial charge in [-0.05, 0) is 37.5 Å². The molecule has 122 valence electrons. The number of carbonyl (C=O) groups excluding carboxylic acids is 1. The van der Waals surface area contributed by atoms with Crippen LogP contribution in [0.5, 0.6) is 5.75 Å². The van der Waals surface area contributed by atoms with Crippen LogP contribution in [0.1, 0.15) is 31.0 Å².